The van der Waals surface area contributed by atoms with Gasteiger partial charge in [-0.15, -0.1) is 11.3 Å². The van der Waals surface area contributed by atoms with Crippen LogP contribution in [0.15, 0.2) is 0 Å². The van der Waals surface area contributed by atoms with E-state index in [1.54, 1.807) is 11.8 Å². The molecule has 0 unspecified atom stereocenters. The zero-order chi connectivity index (χ0) is 14.7. The Hall–Kier alpha value is -1.76. The number of carbonyl (C=O) groups excluding carboxylic acids is 1. The van der Waals surface area contributed by atoms with Crippen LogP contribution >= 0.6 is 11.3 Å². The zero-order valence-corrected chi connectivity index (χ0v) is 12.3. The van der Waals surface area contributed by atoms with Crippen molar-refractivity contribution in [2.24, 2.45) is 0 Å². The Bertz CT molecular complexity index is 525. The zero-order valence-electron chi connectivity index (χ0n) is 11.5. The Morgan fingerprint density at radius 2 is 2.05 bits per heavy atom. The molecule has 0 atom stereocenters. The van der Waals surface area contributed by atoms with Gasteiger partial charge in [-0.25, -0.2) is 9.59 Å². The number of rotatable bonds is 3. The summed E-state index contributed by atoms with van der Waals surface area (Å²) in [6.07, 6.45) is 0.892. The van der Waals surface area contributed by atoms with Gasteiger partial charge in [0.25, 0.3) is 0 Å². The van der Waals surface area contributed by atoms with Gasteiger partial charge in [-0.05, 0) is 19.8 Å². The fraction of sp³-hybridized carbons (Fsp3) is 0.538. The number of hydrogen-bond acceptors (Lipinski definition) is 5. The molecular formula is C13H17NO5S. The molecule has 1 aliphatic heterocycles. The van der Waals surface area contributed by atoms with Gasteiger partial charge < -0.3 is 19.5 Å². The van der Waals surface area contributed by atoms with Gasteiger partial charge in [0.15, 0.2) is 4.88 Å². The van der Waals surface area contributed by atoms with Gasteiger partial charge in [0.2, 0.25) is 0 Å². The van der Waals surface area contributed by atoms with E-state index in [4.69, 9.17) is 9.47 Å². The van der Waals surface area contributed by atoms with Crippen molar-refractivity contribution in [1.29, 1.82) is 0 Å². The first-order chi connectivity index (χ1) is 9.58. The van der Waals surface area contributed by atoms with E-state index in [0.717, 1.165) is 10.4 Å². The topological polar surface area (TPSA) is 76.1 Å². The second kappa shape index (κ2) is 6.13. The van der Waals surface area contributed by atoms with Crippen LogP contribution in [0.4, 0.5) is 4.79 Å². The number of nitrogens with zero attached hydrogens (tertiary/aromatic N) is 1. The van der Waals surface area contributed by atoms with Crippen molar-refractivity contribution >= 4 is 23.4 Å². The molecular weight excluding hydrogens is 282 g/mol. The fourth-order valence-electron chi connectivity index (χ4n) is 2.30. The maximum absolute atomic E-state index is 11.7. The molecule has 0 saturated carbocycles. The standard InChI is InChI=1S/C13H17NO5S/c1-3-19-13(17)14-6-4-8-9(5-7-14)20-11(12(15)16)10(8)18-2/h3-7H2,1-2H3,(H,15,16). The van der Waals surface area contributed by atoms with Crippen molar-refractivity contribution in [3.8, 4) is 5.75 Å². The lowest BCUT2D eigenvalue weighted by atomic mass is 10.1. The molecule has 1 amide bonds. The summed E-state index contributed by atoms with van der Waals surface area (Å²) in [6.45, 7) is 3.17. The molecule has 0 radical (unpaired) electrons. The van der Waals surface area contributed by atoms with E-state index < -0.39 is 5.97 Å². The smallest absolute Gasteiger partial charge is 0.409 e. The molecule has 0 saturated heterocycles. The summed E-state index contributed by atoms with van der Waals surface area (Å²) >= 11 is 1.23. The van der Waals surface area contributed by atoms with E-state index in [-0.39, 0.29) is 11.0 Å². The van der Waals surface area contributed by atoms with Crippen LogP contribution in [0, 0.1) is 0 Å². The maximum atomic E-state index is 11.7. The molecule has 110 valence electrons. The molecule has 1 aromatic heterocycles. The molecule has 0 aromatic carbocycles. The highest BCUT2D eigenvalue weighted by Crippen LogP contribution is 2.37. The third kappa shape index (κ3) is 2.72. The largest absolute Gasteiger partial charge is 0.495 e. The summed E-state index contributed by atoms with van der Waals surface area (Å²) in [5.74, 6) is -0.537. The van der Waals surface area contributed by atoms with Crippen LogP contribution in [0.25, 0.3) is 0 Å². The third-order valence-electron chi connectivity index (χ3n) is 3.21. The summed E-state index contributed by atoms with van der Waals surface area (Å²) in [6, 6.07) is 0. The molecule has 0 bridgehead atoms. The van der Waals surface area contributed by atoms with E-state index in [1.165, 1.54) is 18.4 Å². The highest BCUT2D eigenvalue weighted by atomic mass is 32.1. The predicted octanol–water partition coefficient (Wildman–Crippen LogP) is 2.01. The Balaban J connectivity index is 2.21. The van der Waals surface area contributed by atoms with Crippen LogP contribution in [-0.2, 0) is 17.6 Å². The predicted molar refractivity (Wildman–Crippen MR) is 73.8 cm³/mol. The number of carboxylic acids is 1. The maximum Gasteiger partial charge on any atom is 0.409 e. The van der Waals surface area contributed by atoms with E-state index in [2.05, 4.69) is 0 Å². The van der Waals surface area contributed by atoms with Gasteiger partial charge in [0.05, 0.1) is 13.7 Å². The number of fused-ring (bicyclic) bond motifs is 1. The van der Waals surface area contributed by atoms with Crippen molar-refractivity contribution in [3.63, 3.8) is 0 Å². The van der Waals surface area contributed by atoms with Crippen LogP contribution in [-0.4, -0.2) is 48.9 Å². The monoisotopic (exact) mass is 299 g/mol. The number of ether oxygens (including phenoxy) is 2. The van der Waals surface area contributed by atoms with Crippen LogP contribution < -0.4 is 4.74 Å². The van der Waals surface area contributed by atoms with Crippen molar-refractivity contribution in [2.75, 3.05) is 26.8 Å². The molecule has 0 aliphatic carbocycles. The summed E-state index contributed by atoms with van der Waals surface area (Å²) in [7, 11) is 1.47. The number of thiophene rings is 1. The number of carbonyl (C=O) groups is 2. The molecule has 2 rings (SSSR count). The lowest BCUT2D eigenvalue weighted by molar-refractivity contribution is 0.0698. The number of aromatic carboxylic acids is 1. The minimum Gasteiger partial charge on any atom is -0.495 e. The molecule has 2 heterocycles. The van der Waals surface area contributed by atoms with Crippen molar-refractivity contribution in [2.45, 2.75) is 19.8 Å². The number of amides is 1. The molecule has 0 spiro atoms. The highest BCUT2D eigenvalue weighted by Gasteiger charge is 2.27. The molecule has 7 heteroatoms. The minimum absolute atomic E-state index is 0.238. The molecule has 1 N–H and O–H groups in total. The van der Waals surface area contributed by atoms with Gasteiger partial charge in [0, 0.05) is 23.5 Å². The molecule has 6 nitrogen and oxygen atoms in total. The van der Waals surface area contributed by atoms with Gasteiger partial charge in [-0.2, -0.15) is 0 Å². The van der Waals surface area contributed by atoms with Crippen LogP contribution in [0.3, 0.4) is 0 Å². The van der Waals surface area contributed by atoms with Gasteiger partial charge in [-0.3, -0.25) is 0 Å². The van der Waals surface area contributed by atoms with Crippen LogP contribution in [0.2, 0.25) is 0 Å². The molecule has 1 aromatic rings. The van der Waals surface area contributed by atoms with E-state index in [9.17, 15) is 14.7 Å². The van der Waals surface area contributed by atoms with Crippen LogP contribution in [0.1, 0.15) is 27.0 Å². The second-order valence-electron chi connectivity index (χ2n) is 4.36. The first-order valence-corrected chi connectivity index (χ1v) is 7.23. The first-order valence-electron chi connectivity index (χ1n) is 6.42. The third-order valence-corrected chi connectivity index (χ3v) is 4.47. The Kier molecular flexibility index (Phi) is 4.49. The molecule has 20 heavy (non-hydrogen) atoms. The average molecular weight is 299 g/mol. The minimum atomic E-state index is -0.970. The Labute approximate surface area is 120 Å². The summed E-state index contributed by atoms with van der Waals surface area (Å²) in [5, 5.41) is 9.17. The van der Waals surface area contributed by atoms with Crippen LogP contribution in [0.5, 0.6) is 5.75 Å². The van der Waals surface area contributed by atoms with Gasteiger partial charge >= 0.3 is 12.1 Å². The highest BCUT2D eigenvalue weighted by molar-refractivity contribution is 7.14. The Morgan fingerprint density at radius 1 is 1.35 bits per heavy atom. The molecule has 1 aliphatic rings. The number of hydrogen-bond donors (Lipinski definition) is 1. The first kappa shape index (κ1) is 14.6. The van der Waals surface area contributed by atoms with E-state index >= 15 is 0 Å². The summed E-state index contributed by atoms with van der Waals surface area (Å²) in [4.78, 5) is 25.8. The van der Waals surface area contributed by atoms with Gasteiger partial charge in [-0.1, -0.05) is 0 Å². The fourth-order valence-corrected chi connectivity index (χ4v) is 3.44. The van der Waals surface area contributed by atoms with Crippen molar-refractivity contribution in [3.05, 3.63) is 15.3 Å². The summed E-state index contributed by atoms with van der Waals surface area (Å²) in [5.41, 5.74) is 0.904. The Morgan fingerprint density at radius 3 is 2.65 bits per heavy atom. The second-order valence-corrected chi connectivity index (χ2v) is 5.46. The summed E-state index contributed by atoms with van der Waals surface area (Å²) < 4.78 is 10.2. The normalized spacial score (nSPS) is 14.4. The lowest BCUT2D eigenvalue weighted by Crippen LogP contribution is -2.33. The lowest BCUT2D eigenvalue weighted by Gasteiger charge is -2.19. The SMILES string of the molecule is CCOC(=O)N1CCc2sc(C(=O)O)c(OC)c2CC1. The number of methoxy groups -OCH3 is 1. The molecule has 0 fully saturated rings. The van der Waals surface area contributed by atoms with E-state index in [1.807, 2.05) is 0 Å². The average Bonchev–Trinajstić information content (AvgIpc) is 2.64. The van der Waals surface area contributed by atoms with Crippen molar-refractivity contribution in [1.82, 2.24) is 4.90 Å². The van der Waals surface area contributed by atoms with Gasteiger partial charge in [0.1, 0.15) is 5.75 Å². The van der Waals surface area contributed by atoms with E-state index in [0.29, 0.717) is 38.3 Å². The van der Waals surface area contributed by atoms with Crippen molar-refractivity contribution < 1.29 is 24.2 Å². The quantitative estimate of drug-likeness (QED) is 0.924. The number of carboxylic acid groups (broad SMARTS) is 1.